The summed E-state index contributed by atoms with van der Waals surface area (Å²) in [4.78, 5) is 11.4. The largest absolute Gasteiger partial charge is 0.493 e. The summed E-state index contributed by atoms with van der Waals surface area (Å²) in [6, 6.07) is 19.8. The minimum Gasteiger partial charge on any atom is -0.493 e. The lowest BCUT2D eigenvalue weighted by Crippen LogP contribution is -2.23. The number of benzene rings is 3. The van der Waals surface area contributed by atoms with Gasteiger partial charge in [-0.1, -0.05) is 42.5 Å². The zero-order valence-corrected chi connectivity index (χ0v) is 20.3. The third-order valence-electron chi connectivity index (χ3n) is 5.42. The molecule has 1 heterocycles. The van der Waals surface area contributed by atoms with E-state index in [9.17, 15) is 8.42 Å². The first-order valence-electron chi connectivity index (χ1n) is 10.6. The topological polar surface area (TPSA) is 93.6 Å². The molecule has 0 spiro atoms. The van der Waals surface area contributed by atoms with Crippen molar-refractivity contribution in [2.45, 2.75) is 18.4 Å². The van der Waals surface area contributed by atoms with Crippen LogP contribution in [0.2, 0.25) is 0 Å². The molecule has 0 aliphatic heterocycles. The molecule has 0 bridgehead atoms. The third-order valence-corrected chi connectivity index (χ3v) is 6.92. The van der Waals surface area contributed by atoms with E-state index in [0.29, 0.717) is 40.5 Å². The molecule has 4 rings (SSSR count). The minimum absolute atomic E-state index is 0.145. The van der Waals surface area contributed by atoms with Crippen molar-refractivity contribution in [3.05, 3.63) is 77.9 Å². The number of methoxy groups -OCH3 is 2. The summed E-state index contributed by atoms with van der Waals surface area (Å²) in [6.07, 6.45) is 0. The van der Waals surface area contributed by atoms with Crippen molar-refractivity contribution < 1.29 is 17.9 Å². The number of rotatable bonds is 8. The molecule has 0 saturated carbocycles. The lowest BCUT2D eigenvalue weighted by molar-refractivity contribution is 0.351. The molecule has 0 fully saturated rings. The Hall–Kier alpha value is -3.85. The maximum absolute atomic E-state index is 13.2. The number of para-hydroxylation sites is 3. The van der Waals surface area contributed by atoms with Gasteiger partial charge in [0.2, 0.25) is 0 Å². The van der Waals surface area contributed by atoms with Gasteiger partial charge in [-0.25, -0.2) is 18.4 Å². The van der Waals surface area contributed by atoms with Crippen molar-refractivity contribution in [2.24, 2.45) is 0 Å². The standard InChI is InChI=1S/C25H26N4O4S/c1-17-10-5-8-15-22(17)34(30,31)28-24-25(27-20-13-7-6-12-19(20)26-24)29(2)16-18-11-9-14-21(32-3)23(18)33-4/h5-15H,16H2,1-4H3,(H,26,28). The fourth-order valence-electron chi connectivity index (χ4n) is 3.77. The van der Waals surface area contributed by atoms with Crippen molar-refractivity contribution in [3.8, 4) is 11.5 Å². The molecule has 3 aromatic carbocycles. The summed E-state index contributed by atoms with van der Waals surface area (Å²) in [6.45, 7) is 2.13. The smallest absolute Gasteiger partial charge is 0.263 e. The summed E-state index contributed by atoms with van der Waals surface area (Å²) in [5, 5.41) is 0. The molecule has 0 atom stereocenters. The van der Waals surface area contributed by atoms with Gasteiger partial charge in [0, 0.05) is 19.2 Å². The summed E-state index contributed by atoms with van der Waals surface area (Å²) in [5.41, 5.74) is 2.73. The highest BCUT2D eigenvalue weighted by Gasteiger charge is 2.23. The van der Waals surface area contributed by atoms with E-state index < -0.39 is 10.0 Å². The summed E-state index contributed by atoms with van der Waals surface area (Å²) >= 11 is 0. The number of anilines is 2. The molecule has 4 aromatic rings. The molecule has 34 heavy (non-hydrogen) atoms. The summed E-state index contributed by atoms with van der Waals surface area (Å²) in [7, 11) is 1.10. The van der Waals surface area contributed by atoms with Crippen molar-refractivity contribution >= 4 is 32.7 Å². The van der Waals surface area contributed by atoms with Gasteiger partial charge >= 0.3 is 0 Å². The number of aryl methyl sites for hydroxylation is 1. The Morgan fingerprint density at radius 2 is 1.56 bits per heavy atom. The number of fused-ring (bicyclic) bond motifs is 1. The lowest BCUT2D eigenvalue weighted by Gasteiger charge is -2.23. The number of aromatic nitrogens is 2. The second kappa shape index (κ2) is 9.56. The van der Waals surface area contributed by atoms with Crippen LogP contribution in [0.4, 0.5) is 11.6 Å². The van der Waals surface area contributed by atoms with E-state index in [4.69, 9.17) is 14.5 Å². The number of nitrogens with zero attached hydrogens (tertiary/aromatic N) is 3. The summed E-state index contributed by atoms with van der Waals surface area (Å²) < 4.78 is 40.1. The first kappa shape index (κ1) is 23.3. The van der Waals surface area contributed by atoms with E-state index in [1.54, 1.807) is 51.5 Å². The van der Waals surface area contributed by atoms with Crippen LogP contribution >= 0.6 is 0 Å². The van der Waals surface area contributed by atoms with Crippen LogP contribution in [0, 0.1) is 6.92 Å². The second-order valence-corrected chi connectivity index (χ2v) is 9.42. The lowest BCUT2D eigenvalue weighted by atomic mass is 10.1. The molecular weight excluding hydrogens is 452 g/mol. The number of sulfonamides is 1. The highest BCUT2D eigenvalue weighted by atomic mass is 32.2. The molecule has 176 valence electrons. The van der Waals surface area contributed by atoms with E-state index in [1.165, 1.54) is 0 Å². The monoisotopic (exact) mass is 478 g/mol. The highest BCUT2D eigenvalue weighted by Crippen LogP contribution is 2.34. The molecule has 0 unspecified atom stereocenters. The molecule has 0 amide bonds. The number of hydrogen-bond acceptors (Lipinski definition) is 7. The van der Waals surface area contributed by atoms with Crippen LogP contribution in [0.1, 0.15) is 11.1 Å². The fourth-order valence-corrected chi connectivity index (χ4v) is 5.03. The van der Waals surface area contributed by atoms with Crippen LogP contribution < -0.4 is 19.1 Å². The molecule has 0 saturated heterocycles. The summed E-state index contributed by atoms with van der Waals surface area (Å²) in [5.74, 6) is 1.75. The van der Waals surface area contributed by atoms with Gasteiger partial charge in [-0.15, -0.1) is 0 Å². The minimum atomic E-state index is -3.89. The van der Waals surface area contributed by atoms with Crippen LogP contribution in [0.15, 0.2) is 71.6 Å². The van der Waals surface area contributed by atoms with Crippen LogP contribution in [-0.2, 0) is 16.6 Å². The molecule has 0 aliphatic rings. The third kappa shape index (κ3) is 4.60. The maximum Gasteiger partial charge on any atom is 0.263 e. The van der Waals surface area contributed by atoms with Crippen molar-refractivity contribution in [3.63, 3.8) is 0 Å². The van der Waals surface area contributed by atoms with Gasteiger partial charge < -0.3 is 14.4 Å². The van der Waals surface area contributed by atoms with Crippen molar-refractivity contribution in [2.75, 3.05) is 30.9 Å². The average molecular weight is 479 g/mol. The molecule has 9 heteroatoms. The number of hydrogen-bond donors (Lipinski definition) is 1. The fraction of sp³-hybridized carbons (Fsp3) is 0.200. The van der Waals surface area contributed by atoms with Crippen molar-refractivity contribution in [1.82, 2.24) is 9.97 Å². The van der Waals surface area contributed by atoms with E-state index >= 15 is 0 Å². The van der Waals surface area contributed by atoms with Crippen LogP contribution in [-0.4, -0.2) is 39.7 Å². The Labute approximate surface area is 199 Å². The Morgan fingerprint density at radius 3 is 2.24 bits per heavy atom. The first-order chi connectivity index (χ1) is 16.3. The van der Waals surface area contributed by atoms with Crippen LogP contribution in [0.25, 0.3) is 11.0 Å². The average Bonchev–Trinajstić information content (AvgIpc) is 2.83. The molecule has 1 N–H and O–H groups in total. The molecule has 0 aliphatic carbocycles. The predicted octanol–water partition coefficient (Wildman–Crippen LogP) is 4.39. The van der Waals surface area contributed by atoms with Crippen LogP contribution in [0.3, 0.4) is 0 Å². The van der Waals surface area contributed by atoms with Gasteiger partial charge in [-0.3, -0.25) is 4.72 Å². The van der Waals surface area contributed by atoms with E-state index in [-0.39, 0.29) is 10.7 Å². The van der Waals surface area contributed by atoms with Gasteiger partial charge in [0.25, 0.3) is 10.0 Å². The molecule has 0 radical (unpaired) electrons. The zero-order valence-electron chi connectivity index (χ0n) is 19.4. The molecule has 8 nitrogen and oxygen atoms in total. The quantitative estimate of drug-likeness (QED) is 0.401. The van der Waals surface area contributed by atoms with Gasteiger partial charge in [-0.2, -0.15) is 0 Å². The van der Waals surface area contributed by atoms with E-state index in [1.807, 2.05) is 48.3 Å². The molecule has 1 aromatic heterocycles. The predicted molar refractivity (Wildman–Crippen MR) is 133 cm³/mol. The second-order valence-electron chi connectivity index (χ2n) is 7.76. The van der Waals surface area contributed by atoms with Crippen molar-refractivity contribution in [1.29, 1.82) is 0 Å². The first-order valence-corrected chi connectivity index (χ1v) is 12.1. The van der Waals surface area contributed by atoms with Gasteiger partial charge in [0.1, 0.15) is 0 Å². The Kier molecular flexibility index (Phi) is 6.56. The van der Waals surface area contributed by atoms with Crippen LogP contribution in [0.5, 0.6) is 11.5 Å². The zero-order chi connectivity index (χ0) is 24.3. The number of ether oxygens (including phenoxy) is 2. The van der Waals surface area contributed by atoms with Gasteiger partial charge in [0.15, 0.2) is 23.1 Å². The SMILES string of the molecule is COc1cccc(CN(C)c2nc3ccccc3nc2NS(=O)(=O)c2ccccc2C)c1OC. The molecular formula is C25H26N4O4S. The normalized spacial score (nSPS) is 11.3. The Bertz CT molecular complexity index is 1440. The Morgan fingerprint density at radius 1 is 0.882 bits per heavy atom. The van der Waals surface area contributed by atoms with Gasteiger partial charge in [-0.05, 0) is 36.8 Å². The van der Waals surface area contributed by atoms with Gasteiger partial charge in [0.05, 0.1) is 30.1 Å². The highest BCUT2D eigenvalue weighted by molar-refractivity contribution is 7.92. The number of nitrogens with one attached hydrogen (secondary N) is 1. The maximum atomic E-state index is 13.2. The van der Waals surface area contributed by atoms with E-state index in [2.05, 4.69) is 9.71 Å². The van der Waals surface area contributed by atoms with E-state index in [0.717, 1.165) is 5.56 Å². The Balaban J connectivity index is 1.78.